The van der Waals surface area contributed by atoms with E-state index in [9.17, 15) is 18.0 Å². The third kappa shape index (κ3) is 6.58. The van der Waals surface area contributed by atoms with Gasteiger partial charge in [-0.05, 0) is 48.9 Å². The first-order chi connectivity index (χ1) is 16.7. The summed E-state index contributed by atoms with van der Waals surface area (Å²) in [5, 5.41) is 8.02. The molecule has 184 valence electrons. The molecule has 3 aromatic carbocycles. The number of sulfonamides is 1. The topological polar surface area (TPSA) is 117 Å². The number of nitrogens with one attached hydrogen (secondary N) is 3. The SMILES string of the molecule is CCNC(=O)Nc1cccc(NC(=O)c2ccc(OC)c(S(=O)(=O)N(C)Cc3ccccc3)c2)c1. The molecule has 0 aliphatic heterocycles. The minimum Gasteiger partial charge on any atom is -0.495 e. The van der Waals surface area contributed by atoms with E-state index in [-0.39, 0.29) is 28.8 Å². The van der Waals surface area contributed by atoms with Gasteiger partial charge in [0.1, 0.15) is 10.6 Å². The summed E-state index contributed by atoms with van der Waals surface area (Å²) in [6.45, 7) is 2.44. The molecular formula is C25H28N4O5S. The fraction of sp³-hybridized carbons (Fsp3) is 0.200. The summed E-state index contributed by atoms with van der Waals surface area (Å²) in [6, 6.07) is 19.7. The second-order valence-corrected chi connectivity index (χ2v) is 9.65. The van der Waals surface area contributed by atoms with Gasteiger partial charge in [0, 0.05) is 37.1 Å². The number of urea groups is 1. The van der Waals surface area contributed by atoms with E-state index in [0.29, 0.717) is 17.9 Å². The van der Waals surface area contributed by atoms with Crippen LogP contribution >= 0.6 is 0 Å². The van der Waals surface area contributed by atoms with Crippen LogP contribution in [-0.2, 0) is 16.6 Å². The number of hydrogen-bond acceptors (Lipinski definition) is 5. The van der Waals surface area contributed by atoms with Gasteiger partial charge in [0.05, 0.1) is 7.11 Å². The third-order valence-electron chi connectivity index (χ3n) is 5.08. The van der Waals surface area contributed by atoms with E-state index in [1.165, 1.54) is 36.7 Å². The van der Waals surface area contributed by atoms with Gasteiger partial charge in [0.25, 0.3) is 5.91 Å². The van der Waals surface area contributed by atoms with E-state index in [4.69, 9.17) is 4.74 Å². The number of rotatable bonds is 9. The molecule has 35 heavy (non-hydrogen) atoms. The first-order valence-corrected chi connectivity index (χ1v) is 12.3. The second-order valence-electron chi connectivity index (χ2n) is 7.63. The quantitative estimate of drug-likeness (QED) is 0.415. The van der Waals surface area contributed by atoms with Gasteiger partial charge in [-0.2, -0.15) is 4.31 Å². The van der Waals surface area contributed by atoms with Crippen LogP contribution in [-0.4, -0.2) is 45.4 Å². The van der Waals surface area contributed by atoms with Crippen molar-refractivity contribution in [1.29, 1.82) is 0 Å². The van der Waals surface area contributed by atoms with Crippen LogP contribution in [0.4, 0.5) is 16.2 Å². The van der Waals surface area contributed by atoms with Crippen molar-refractivity contribution in [2.45, 2.75) is 18.4 Å². The minimum absolute atomic E-state index is 0.113. The monoisotopic (exact) mass is 496 g/mol. The van der Waals surface area contributed by atoms with Crippen LogP contribution in [0.1, 0.15) is 22.8 Å². The van der Waals surface area contributed by atoms with E-state index < -0.39 is 15.9 Å². The maximum Gasteiger partial charge on any atom is 0.319 e. The van der Waals surface area contributed by atoms with E-state index in [1.54, 1.807) is 31.2 Å². The molecule has 0 aromatic heterocycles. The maximum atomic E-state index is 13.3. The summed E-state index contributed by atoms with van der Waals surface area (Å²) in [6.07, 6.45) is 0. The Morgan fingerprint density at radius 3 is 2.26 bits per heavy atom. The number of nitrogens with zero attached hydrogens (tertiary/aromatic N) is 1. The Bertz CT molecular complexity index is 1300. The van der Waals surface area contributed by atoms with Gasteiger partial charge in [-0.1, -0.05) is 36.4 Å². The molecule has 3 N–H and O–H groups in total. The molecule has 0 fully saturated rings. The van der Waals surface area contributed by atoms with Crippen molar-refractivity contribution >= 4 is 33.3 Å². The number of carbonyl (C=O) groups is 2. The summed E-state index contributed by atoms with van der Waals surface area (Å²) >= 11 is 0. The van der Waals surface area contributed by atoms with Gasteiger partial charge < -0.3 is 20.7 Å². The molecule has 0 aliphatic rings. The predicted octanol–water partition coefficient (Wildman–Crippen LogP) is 3.91. The van der Waals surface area contributed by atoms with E-state index in [2.05, 4.69) is 16.0 Å². The van der Waals surface area contributed by atoms with Crippen LogP contribution in [0.3, 0.4) is 0 Å². The smallest absolute Gasteiger partial charge is 0.319 e. The Balaban J connectivity index is 1.83. The number of ether oxygens (including phenoxy) is 1. The van der Waals surface area contributed by atoms with Crippen molar-refractivity contribution in [3.63, 3.8) is 0 Å². The average molecular weight is 497 g/mol. The molecule has 0 bridgehead atoms. The third-order valence-corrected chi connectivity index (χ3v) is 6.90. The number of methoxy groups -OCH3 is 1. The number of carbonyl (C=O) groups excluding carboxylic acids is 2. The van der Waals surface area contributed by atoms with E-state index in [1.807, 2.05) is 30.3 Å². The molecule has 0 unspecified atom stereocenters. The van der Waals surface area contributed by atoms with Crippen LogP contribution in [0.2, 0.25) is 0 Å². The summed E-state index contributed by atoms with van der Waals surface area (Å²) in [4.78, 5) is 24.6. The van der Waals surface area contributed by atoms with Crippen LogP contribution in [0.25, 0.3) is 0 Å². The molecule has 9 nitrogen and oxygen atoms in total. The Kier molecular flexibility index (Phi) is 8.45. The highest BCUT2D eigenvalue weighted by atomic mass is 32.2. The summed E-state index contributed by atoms with van der Waals surface area (Å²) in [5.74, 6) is -0.375. The molecule has 0 saturated heterocycles. The molecule has 0 heterocycles. The average Bonchev–Trinajstić information content (AvgIpc) is 2.84. The lowest BCUT2D eigenvalue weighted by atomic mass is 10.2. The molecule has 0 saturated carbocycles. The van der Waals surface area contributed by atoms with Crippen LogP contribution < -0.4 is 20.7 Å². The lowest BCUT2D eigenvalue weighted by Crippen LogP contribution is -2.28. The maximum absolute atomic E-state index is 13.3. The minimum atomic E-state index is -3.96. The van der Waals surface area contributed by atoms with Crippen molar-refractivity contribution in [3.05, 3.63) is 83.9 Å². The van der Waals surface area contributed by atoms with Gasteiger partial charge in [0.2, 0.25) is 10.0 Å². The fourth-order valence-corrected chi connectivity index (χ4v) is 4.66. The lowest BCUT2D eigenvalue weighted by Gasteiger charge is -2.19. The van der Waals surface area contributed by atoms with E-state index in [0.717, 1.165) is 5.56 Å². The number of hydrogen-bond donors (Lipinski definition) is 3. The molecule has 0 atom stereocenters. The first kappa shape index (κ1) is 25.7. The zero-order valence-electron chi connectivity index (χ0n) is 19.7. The van der Waals surface area contributed by atoms with Crippen molar-refractivity contribution in [2.75, 3.05) is 31.3 Å². The zero-order chi connectivity index (χ0) is 25.4. The Labute approximate surface area is 205 Å². The second kappa shape index (κ2) is 11.5. The number of anilines is 2. The highest BCUT2D eigenvalue weighted by Crippen LogP contribution is 2.28. The molecule has 0 spiro atoms. The highest BCUT2D eigenvalue weighted by molar-refractivity contribution is 7.89. The standard InChI is InChI=1S/C25H28N4O5S/c1-4-26-25(31)28-21-12-8-11-20(16-21)27-24(30)19-13-14-22(34-3)23(15-19)35(32,33)29(2)17-18-9-6-5-7-10-18/h5-16H,4,17H2,1-3H3,(H,27,30)(H2,26,28,31). The summed E-state index contributed by atoms with van der Waals surface area (Å²) < 4.78 is 33.1. The molecule has 0 aliphatic carbocycles. The van der Waals surface area contributed by atoms with Crippen molar-refractivity contribution in [2.24, 2.45) is 0 Å². The van der Waals surface area contributed by atoms with Gasteiger partial charge in [-0.25, -0.2) is 13.2 Å². The van der Waals surface area contributed by atoms with Gasteiger partial charge in [-0.15, -0.1) is 0 Å². The van der Waals surface area contributed by atoms with Gasteiger partial charge >= 0.3 is 6.03 Å². The summed E-state index contributed by atoms with van der Waals surface area (Å²) in [7, 11) is -1.11. The van der Waals surface area contributed by atoms with Gasteiger partial charge in [0.15, 0.2) is 0 Å². The molecule has 0 radical (unpaired) electrons. The lowest BCUT2D eigenvalue weighted by molar-refractivity contribution is 0.102. The van der Waals surface area contributed by atoms with Gasteiger partial charge in [-0.3, -0.25) is 4.79 Å². The van der Waals surface area contributed by atoms with Crippen molar-refractivity contribution in [3.8, 4) is 5.75 Å². The highest BCUT2D eigenvalue weighted by Gasteiger charge is 2.26. The normalized spacial score (nSPS) is 11.1. The number of benzene rings is 3. The first-order valence-electron chi connectivity index (χ1n) is 10.9. The summed E-state index contributed by atoms with van der Waals surface area (Å²) in [5.41, 5.74) is 1.90. The fourth-order valence-electron chi connectivity index (χ4n) is 3.33. The molecule has 3 aromatic rings. The van der Waals surface area contributed by atoms with E-state index >= 15 is 0 Å². The Morgan fingerprint density at radius 1 is 0.914 bits per heavy atom. The van der Waals surface area contributed by atoms with Crippen molar-refractivity contribution in [1.82, 2.24) is 9.62 Å². The molecule has 3 rings (SSSR count). The Hall–Kier alpha value is -3.89. The van der Waals surface area contributed by atoms with Crippen LogP contribution in [0.5, 0.6) is 5.75 Å². The van der Waals surface area contributed by atoms with Crippen LogP contribution in [0.15, 0.2) is 77.7 Å². The Morgan fingerprint density at radius 2 is 1.60 bits per heavy atom. The largest absolute Gasteiger partial charge is 0.495 e. The number of amides is 3. The van der Waals surface area contributed by atoms with Crippen molar-refractivity contribution < 1.29 is 22.7 Å². The molecule has 10 heteroatoms. The molecular weight excluding hydrogens is 468 g/mol. The zero-order valence-corrected chi connectivity index (χ0v) is 20.6. The molecule has 3 amide bonds. The van der Waals surface area contributed by atoms with Crippen LogP contribution in [0, 0.1) is 0 Å². The predicted molar refractivity (Wildman–Crippen MR) is 135 cm³/mol.